The molecule has 116 valence electrons. The molecular weight excluding hydrogens is 281 g/mol. The van der Waals surface area contributed by atoms with Gasteiger partial charge in [0.25, 0.3) is 5.69 Å². The molecule has 1 atom stereocenters. The van der Waals surface area contributed by atoms with Gasteiger partial charge < -0.3 is 14.2 Å². The Morgan fingerprint density at radius 2 is 2.24 bits per heavy atom. The topological polar surface area (TPSA) is 70.8 Å². The fraction of sp³-hybridized carbons (Fsp3) is 0.571. The van der Waals surface area contributed by atoms with E-state index >= 15 is 0 Å². The number of ether oxygens (including phenoxy) is 3. The van der Waals surface area contributed by atoms with Gasteiger partial charge in [0, 0.05) is 12.7 Å². The Morgan fingerprint density at radius 1 is 1.38 bits per heavy atom. The number of nitrogens with zero attached hydrogens (tertiary/aromatic N) is 1. The number of halogens is 1. The Labute approximate surface area is 122 Å². The summed E-state index contributed by atoms with van der Waals surface area (Å²) in [6, 6.07) is 3.29. The van der Waals surface area contributed by atoms with E-state index in [0.29, 0.717) is 13.2 Å². The van der Waals surface area contributed by atoms with Crippen LogP contribution in [0.3, 0.4) is 0 Å². The van der Waals surface area contributed by atoms with Crippen LogP contribution >= 0.6 is 0 Å². The first-order valence-corrected chi connectivity index (χ1v) is 6.93. The summed E-state index contributed by atoms with van der Waals surface area (Å²) in [5.41, 5.74) is -0.300. The number of benzene rings is 1. The largest absolute Gasteiger partial charge is 0.488 e. The van der Waals surface area contributed by atoms with Crippen LogP contribution in [0.15, 0.2) is 18.2 Å². The summed E-state index contributed by atoms with van der Waals surface area (Å²) < 4.78 is 29.6. The molecule has 0 spiro atoms. The zero-order chi connectivity index (χ0) is 15.1. The molecule has 1 aliphatic heterocycles. The molecule has 0 bridgehead atoms. The predicted octanol–water partition coefficient (Wildman–Crippen LogP) is 2.70. The summed E-state index contributed by atoms with van der Waals surface area (Å²) in [4.78, 5) is 9.83. The zero-order valence-electron chi connectivity index (χ0n) is 11.6. The van der Waals surface area contributed by atoms with Crippen LogP contribution in [0.4, 0.5) is 10.1 Å². The minimum Gasteiger partial charge on any atom is -0.488 e. The Hall–Kier alpha value is -1.73. The van der Waals surface area contributed by atoms with Crippen LogP contribution in [0.2, 0.25) is 0 Å². The summed E-state index contributed by atoms with van der Waals surface area (Å²) in [7, 11) is 0. The smallest absolute Gasteiger partial charge is 0.272 e. The summed E-state index contributed by atoms with van der Waals surface area (Å²) in [6.07, 6.45) is 3.38. The molecule has 0 radical (unpaired) electrons. The summed E-state index contributed by atoms with van der Waals surface area (Å²) in [5.74, 6) is -0.766. The average Bonchev–Trinajstić information content (AvgIpc) is 2.49. The monoisotopic (exact) mass is 299 g/mol. The second-order valence-electron chi connectivity index (χ2n) is 4.78. The second-order valence-corrected chi connectivity index (χ2v) is 4.78. The van der Waals surface area contributed by atoms with Crippen molar-refractivity contribution in [2.45, 2.75) is 25.4 Å². The molecule has 6 nitrogen and oxygen atoms in total. The Bertz CT molecular complexity index is 476. The van der Waals surface area contributed by atoms with Gasteiger partial charge in [0.05, 0.1) is 30.3 Å². The molecule has 1 aromatic carbocycles. The molecule has 1 saturated heterocycles. The highest BCUT2D eigenvalue weighted by Crippen LogP contribution is 2.22. The molecule has 1 fully saturated rings. The highest BCUT2D eigenvalue weighted by Gasteiger charge is 2.14. The van der Waals surface area contributed by atoms with Crippen molar-refractivity contribution in [2.75, 3.05) is 26.4 Å². The molecule has 0 N–H and O–H groups in total. The minimum absolute atomic E-state index is 0.0156. The number of nitro benzene ring substituents is 1. The molecule has 0 saturated carbocycles. The van der Waals surface area contributed by atoms with Gasteiger partial charge in [-0.15, -0.1) is 0 Å². The summed E-state index contributed by atoms with van der Waals surface area (Å²) in [6.45, 7) is 1.78. The van der Waals surface area contributed by atoms with Crippen LogP contribution in [-0.4, -0.2) is 37.5 Å². The van der Waals surface area contributed by atoms with Gasteiger partial charge in [-0.3, -0.25) is 10.1 Å². The van der Waals surface area contributed by atoms with E-state index in [0.717, 1.165) is 31.9 Å². The number of non-ortho nitro benzene ring substituents is 1. The lowest BCUT2D eigenvalue weighted by Gasteiger charge is -2.22. The van der Waals surface area contributed by atoms with Crippen molar-refractivity contribution in [1.29, 1.82) is 0 Å². The van der Waals surface area contributed by atoms with Crippen LogP contribution in [0.1, 0.15) is 19.3 Å². The van der Waals surface area contributed by atoms with Gasteiger partial charge in [-0.2, -0.15) is 0 Å². The fourth-order valence-corrected chi connectivity index (χ4v) is 2.08. The van der Waals surface area contributed by atoms with E-state index in [1.54, 1.807) is 0 Å². The maximum Gasteiger partial charge on any atom is 0.272 e. The molecule has 1 heterocycles. The number of hydrogen-bond donors (Lipinski definition) is 0. The van der Waals surface area contributed by atoms with Gasteiger partial charge in [0.1, 0.15) is 6.61 Å². The van der Waals surface area contributed by atoms with Crippen molar-refractivity contribution in [3.05, 3.63) is 34.1 Å². The minimum atomic E-state index is -0.750. The third-order valence-electron chi connectivity index (χ3n) is 3.19. The molecule has 0 aliphatic carbocycles. The maximum atomic E-state index is 13.5. The van der Waals surface area contributed by atoms with Gasteiger partial charge in [-0.05, 0) is 25.3 Å². The molecular formula is C14H18FNO5. The lowest BCUT2D eigenvalue weighted by Crippen LogP contribution is -2.25. The molecule has 0 amide bonds. The first kappa shape index (κ1) is 15.7. The van der Waals surface area contributed by atoms with Crippen LogP contribution in [0.25, 0.3) is 0 Å². The van der Waals surface area contributed by atoms with Crippen LogP contribution in [-0.2, 0) is 9.47 Å². The molecule has 2 rings (SSSR count). The molecule has 1 aliphatic rings. The van der Waals surface area contributed by atoms with Crippen LogP contribution in [0.5, 0.6) is 5.75 Å². The Balaban J connectivity index is 1.67. The Kier molecular flexibility index (Phi) is 5.89. The second kappa shape index (κ2) is 7.90. The predicted molar refractivity (Wildman–Crippen MR) is 73.0 cm³/mol. The van der Waals surface area contributed by atoms with Gasteiger partial charge in [-0.25, -0.2) is 4.39 Å². The lowest BCUT2D eigenvalue weighted by atomic mass is 10.1. The van der Waals surface area contributed by atoms with E-state index in [2.05, 4.69) is 0 Å². The van der Waals surface area contributed by atoms with Gasteiger partial charge in [0.15, 0.2) is 11.6 Å². The average molecular weight is 299 g/mol. The highest BCUT2D eigenvalue weighted by molar-refractivity contribution is 5.37. The third kappa shape index (κ3) is 4.95. The van der Waals surface area contributed by atoms with E-state index in [-0.39, 0.29) is 24.1 Å². The van der Waals surface area contributed by atoms with Crippen molar-refractivity contribution in [1.82, 2.24) is 0 Å². The number of nitro groups is 1. The Morgan fingerprint density at radius 3 is 2.90 bits per heavy atom. The molecule has 0 aromatic heterocycles. The normalized spacial score (nSPS) is 18.4. The summed E-state index contributed by atoms with van der Waals surface area (Å²) in [5, 5.41) is 10.5. The molecule has 1 aromatic rings. The number of rotatable bonds is 7. The maximum absolute atomic E-state index is 13.5. The molecule has 0 unspecified atom stereocenters. The van der Waals surface area contributed by atoms with E-state index < -0.39 is 10.7 Å². The SMILES string of the molecule is O=[N+]([O-])c1ccc(OCCOC[C@@H]2CCCCO2)c(F)c1. The zero-order valence-corrected chi connectivity index (χ0v) is 11.6. The fourth-order valence-electron chi connectivity index (χ4n) is 2.08. The molecule has 21 heavy (non-hydrogen) atoms. The van der Waals surface area contributed by atoms with Crippen molar-refractivity contribution in [3.63, 3.8) is 0 Å². The third-order valence-corrected chi connectivity index (χ3v) is 3.19. The van der Waals surface area contributed by atoms with Crippen molar-refractivity contribution in [3.8, 4) is 5.75 Å². The van der Waals surface area contributed by atoms with E-state index in [1.165, 1.54) is 12.1 Å². The first-order chi connectivity index (χ1) is 10.2. The standard InChI is InChI=1S/C14H18FNO5/c15-13-9-11(16(17)18)4-5-14(13)21-8-7-19-10-12-3-1-2-6-20-12/h4-5,9,12H,1-3,6-8,10H2/t12-/m0/s1. The van der Waals surface area contributed by atoms with Crippen molar-refractivity contribution < 1.29 is 23.5 Å². The van der Waals surface area contributed by atoms with Gasteiger partial charge >= 0.3 is 0 Å². The lowest BCUT2D eigenvalue weighted by molar-refractivity contribution is -0.385. The quantitative estimate of drug-likeness (QED) is 0.440. The number of hydrogen-bond acceptors (Lipinski definition) is 5. The summed E-state index contributed by atoms with van der Waals surface area (Å²) >= 11 is 0. The van der Waals surface area contributed by atoms with E-state index in [4.69, 9.17) is 14.2 Å². The van der Waals surface area contributed by atoms with E-state index in [9.17, 15) is 14.5 Å². The van der Waals surface area contributed by atoms with Crippen LogP contribution < -0.4 is 4.74 Å². The molecule has 7 heteroatoms. The van der Waals surface area contributed by atoms with Gasteiger partial charge in [-0.1, -0.05) is 0 Å². The van der Waals surface area contributed by atoms with E-state index in [1.807, 2.05) is 0 Å². The van der Waals surface area contributed by atoms with Crippen molar-refractivity contribution >= 4 is 5.69 Å². The van der Waals surface area contributed by atoms with Gasteiger partial charge in [0.2, 0.25) is 0 Å². The van der Waals surface area contributed by atoms with Crippen LogP contribution in [0, 0.1) is 15.9 Å². The highest BCUT2D eigenvalue weighted by atomic mass is 19.1. The first-order valence-electron chi connectivity index (χ1n) is 6.93. The van der Waals surface area contributed by atoms with Crippen molar-refractivity contribution in [2.24, 2.45) is 0 Å².